The van der Waals surface area contributed by atoms with Crippen LogP contribution in [0, 0.1) is 5.82 Å². The fourth-order valence-electron chi connectivity index (χ4n) is 4.36. The van der Waals surface area contributed by atoms with Crippen LogP contribution < -0.4 is 15.4 Å². The van der Waals surface area contributed by atoms with E-state index in [2.05, 4.69) is 34.4 Å². The summed E-state index contributed by atoms with van der Waals surface area (Å²) in [6.45, 7) is 5.92. The topological polar surface area (TPSA) is 110 Å². The monoisotopic (exact) mass is 554 g/mol. The highest BCUT2D eigenvalue weighted by Gasteiger charge is 2.25. The lowest BCUT2D eigenvalue weighted by molar-refractivity contribution is -0.116. The fourth-order valence-corrected chi connectivity index (χ4v) is 5.39. The minimum atomic E-state index is -0.595. The van der Waals surface area contributed by atoms with Crippen LogP contribution in [0.4, 0.5) is 15.8 Å². The molecule has 9 nitrogen and oxygen atoms in total. The summed E-state index contributed by atoms with van der Waals surface area (Å²) in [5.74, 6) is -1.38. The molecule has 0 unspecified atom stereocenters. The quantitative estimate of drug-likeness (QED) is 0.370. The Kier molecular flexibility index (Phi) is 8.93. The van der Waals surface area contributed by atoms with Crippen molar-refractivity contribution in [2.24, 2.45) is 0 Å². The number of esters is 1. The number of hydrogen-bond donors (Lipinski definition) is 2. The standard InChI is InChI=1S/C28H31FN4O5S/c1-16(2)33-12-11-21-24(15-33)39-27(32-21)26(35)31-22-13-17(28(36)38-4)14-23(37-3)20(22)9-10-25(34)30-19-7-5-18(29)6-8-19/h5-8,13-14,16H,9-12,15H2,1-4H3,(H,30,34)(H,31,35). The predicted molar refractivity (Wildman–Crippen MR) is 147 cm³/mol. The number of anilines is 2. The van der Waals surface area contributed by atoms with Crippen molar-refractivity contribution < 1.29 is 28.2 Å². The van der Waals surface area contributed by atoms with Crippen LogP contribution in [0.15, 0.2) is 36.4 Å². The molecule has 1 aliphatic heterocycles. The second kappa shape index (κ2) is 12.4. The molecule has 4 rings (SSSR count). The molecule has 0 atom stereocenters. The first-order valence-electron chi connectivity index (χ1n) is 12.6. The van der Waals surface area contributed by atoms with E-state index in [-0.39, 0.29) is 24.3 Å². The Morgan fingerprint density at radius 1 is 1.13 bits per heavy atom. The number of halogens is 1. The molecular formula is C28H31FN4O5S. The Morgan fingerprint density at radius 2 is 1.87 bits per heavy atom. The zero-order valence-corrected chi connectivity index (χ0v) is 23.1. The van der Waals surface area contributed by atoms with Crippen LogP contribution in [0.2, 0.25) is 0 Å². The van der Waals surface area contributed by atoms with Crippen LogP contribution >= 0.6 is 11.3 Å². The lowest BCUT2D eigenvalue weighted by atomic mass is 10.0. The number of ether oxygens (including phenoxy) is 2. The van der Waals surface area contributed by atoms with Crippen LogP contribution in [0.25, 0.3) is 0 Å². The molecule has 0 spiro atoms. The van der Waals surface area contributed by atoms with Crippen molar-refractivity contribution >= 4 is 40.5 Å². The van der Waals surface area contributed by atoms with Gasteiger partial charge in [0.1, 0.15) is 11.6 Å². The SMILES string of the molecule is COC(=O)c1cc(NC(=O)c2nc3c(s2)CN(C(C)C)CC3)c(CCC(=O)Nc2ccc(F)cc2)c(OC)c1. The van der Waals surface area contributed by atoms with E-state index in [1.54, 1.807) is 0 Å². The summed E-state index contributed by atoms with van der Waals surface area (Å²) in [6.07, 6.45) is 1.02. The number of methoxy groups -OCH3 is 2. The maximum absolute atomic E-state index is 13.3. The number of hydrogen-bond acceptors (Lipinski definition) is 8. The molecule has 1 aromatic heterocycles. The average molecular weight is 555 g/mol. The fraction of sp³-hybridized carbons (Fsp3) is 0.357. The van der Waals surface area contributed by atoms with Crippen LogP contribution in [0.1, 0.15) is 56.6 Å². The Hall–Kier alpha value is -3.83. The number of amides is 2. The van der Waals surface area contributed by atoms with Crippen molar-refractivity contribution in [3.05, 3.63) is 68.9 Å². The third-order valence-corrected chi connectivity index (χ3v) is 7.59. The number of carbonyl (C=O) groups is 3. The summed E-state index contributed by atoms with van der Waals surface area (Å²) in [5.41, 5.74) is 2.45. The van der Waals surface area contributed by atoms with Crippen molar-refractivity contribution in [1.29, 1.82) is 0 Å². The van der Waals surface area contributed by atoms with Gasteiger partial charge in [0.15, 0.2) is 5.01 Å². The first-order valence-corrected chi connectivity index (χ1v) is 13.4. The van der Waals surface area contributed by atoms with Gasteiger partial charge in [-0.05, 0) is 56.7 Å². The maximum Gasteiger partial charge on any atom is 0.338 e. The number of nitrogens with one attached hydrogen (secondary N) is 2. The molecule has 0 aliphatic carbocycles. The lowest BCUT2D eigenvalue weighted by Gasteiger charge is -2.29. The van der Waals surface area contributed by atoms with Crippen LogP contribution in [0.3, 0.4) is 0 Å². The molecule has 1 aliphatic rings. The average Bonchev–Trinajstić information content (AvgIpc) is 3.36. The Labute approximate surface area is 230 Å². The van der Waals surface area contributed by atoms with E-state index >= 15 is 0 Å². The molecule has 2 heterocycles. The van der Waals surface area contributed by atoms with E-state index in [0.717, 1.165) is 30.1 Å². The van der Waals surface area contributed by atoms with Gasteiger partial charge in [0, 0.05) is 53.8 Å². The van der Waals surface area contributed by atoms with Gasteiger partial charge in [0.05, 0.1) is 25.5 Å². The first-order chi connectivity index (χ1) is 18.7. The van der Waals surface area contributed by atoms with E-state index in [1.165, 1.54) is 62.0 Å². The third-order valence-electron chi connectivity index (χ3n) is 6.51. The molecule has 0 saturated heterocycles. The van der Waals surface area contributed by atoms with Crippen molar-refractivity contribution in [2.45, 2.75) is 45.7 Å². The Balaban J connectivity index is 1.57. The smallest absolute Gasteiger partial charge is 0.338 e. The van der Waals surface area contributed by atoms with Crippen molar-refractivity contribution in [1.82, 2.24) is 9.88 Å². The number of fused-ring (bicyclic) bond motifs is 1. The summed E-state index contributed by atoms with van der Waals surface area (Å²) in [7, 11) is 2.71. The summed E-state index contributed by atoms with van der Waals surface area (Å²) in [4.78, 5) is 46.2. The number of thiazole rings is 1. The van der Waals surface area contributed by atoms with Crippen LogP contribution in [-0.4, -0.2) is 54.5 Å². The van der Waals surface area contributed by atoms with Gasteiger partial charge in [-0.3, -0.25) is 14.5 Å². The number of nitrogens with zero attached hydrogens (tertiary/aromatic N) is 2. The van der Waals surface area contributed by atoms with Gasteiger partial charge < -0.3 is 20.1 Å². The molecule has 0 saturated carbocycles. The van der Waals surface area contributed by atoms with Crippen LogP contribution in [0.5, 0.6) is 5.75 Å². The molecule has 2 N–H and O–H groups in total. The van der Waals surface area contributed by atoms with Gasteiger partial charge in [-0.15, -0.1) is 11.3 Å². The van der Waals surface area contributed by atoms with Gasteiger partial charge in [0.25, 0.3) is 5.91 Å². The maximum atomic E-state index is 13.3. The van der Waals surface area contributed by atoms with Gasteiger partial charge in [0.2, 0.25) is 5.91 Å². The normalized spacial score (nSPS) is 13.1. The van der Waals surface area contributed by atoms with E-state index in [4.69, 9.17) is 9.47 Å². The minimum Gasteiger partial charge on any atom is -0.496 e. The van der Waals surface area contributed by atoms with E-state index in [9.17, 15) is 18.8 Å². The number of carbonyl (C=O) groups excluding carboxylic acids is 3. The lowest BCUT2D eigenvalue weighted by Crippen LogP contribution is -2.35. The first kappa shape index (κ1) is 28.2. The summed E-state index contributed by atoms with van der Waals surface area (Å²) in [6, 6.07) is 8.87. The molecular weight excluding hydrogens is 523 g/mol. The molecule has 0 bridgehead atoms. The van der Waals surface area contributed by atoms with E-state index in [1.807, 2.05) is 0 Å². The molecule has 0 radical (unpaired) electrons. The molecule has 39 heavy (non-hydrogen) atoms. The highest BCUT2D eigenvalue weighted by Crippen LogP contribution is 2.32. The third kappa shape index (κ3) is 6.79. The Morgan fingerprint density at radius 3 is 2.54 bits per heavy atom. The van der Waals surface area contributed by atoms with Gasteiger partial charge in [-0.2, -0.15) is 0 Å². The molecule has 0 fully saturated rings. The van der Waals surface area contributed by atoms with Crippen LogP contribution in [-0.2, 0) is 28.9 Å². The summed E-state index contributed by atoms with van der Waals surface area (Å²) in [5, 5.41) is 5.93. The van der Waals surface area contributed by atoms with E-state index < -0.39 is 17.7 Å². The molecule has 2 amide bonds. The molecule has 2 aromatic carbocycles. The second-order valence-electron chi connectivity index (χ2n) is 9.41. The largest absolute Gasteiger partial charge is 0.496 e. The summed E-state index contributed by atoms with van der Waals surface area (Å²) >= 11 is 1.36. The van der Waals surface area contributed by atoms with Gasteiger partial charge >= 0.3 is 5.97 Å². The molecule has 3 aromatic rings. The van der Waals surface area contributed by atoms with Crippen molar-refractivity contribution in [2.75, 3.05) is 31.4 Å². The summed E-state index contributed by atoms with van der Waals surface area (Å²) < 4.78 is 23.6. The van der Waals surface area contributed by atoms with Crippen molar-refractivity contribution in [3.8, 4) is 5.75 Å². The Bertz CT molecular complexity index is 1370. The molecule has 206 valence electrons. The zero-order chi connectivity index (χ0) is 28.1. The zero-order valence-electron chi connectivity index (χ0n) is 22.3. The highest BCUT2D eigenvalue weighted by molar-refractivity contribution is 7.13. The molecule has 11 heteroatoms. The second-order valence-corrected chi connectivity index (χ2v) is 10.5. The van der Waals surface area contributed by atoms with Crippen molar-refractivity contribution in [3.63, 3.8) is 0 Å². The number of aromatic nitrogens is 1. The number of benzene rings is 2. The van der Waals surface area contributed by atoms with E-state index in [0.29, 0.717) is 33.7 Å². The minimum absolute atomic E-state index is 0.0464. The highest BCUT2D eigenvalue weighted by atomic mass is 32.1. The van der Waals surface area contributed by atoms with Gasteiger partial charge in [-0.25, -0.2) is 14.2 Å². The number of rotatable bonds is 9. The predicted octanol–water partition coefficient (Wildman–Crippen LogP) is 4.67. The van der Waals surface area contributed by atoms with Gasteiger partial charge in [-0.1, -0.05) is 0 Å².